The first-order chi connectivity index (χ1) is 9.16. The van der Waals surface area contributed by atoms with Crippen molar-refractivity contribution in [2.75, 3.05) is 39.6 Å². The number of carboxylic acid groups (broad SMARTS) is 1. The third-order valence-corrected chi connectivity index (χ3v) is 2.15. The molecule has 0 radical (unpaired) electrons. The average molecular weight is 277 g/mol. The van der Waals surface area contributed by atoms with Crippen LogP contribution in [0.15, 0.2) is 0 Å². The van der Waals surface area contributed by atoms with Crippen molar-refractivity contribution in [2.45, 2.75) is 25.7 Å². The normalized spacial score (nSPS) is 10.4. The lowest BCUT2D eigenvalue weighted by molar-refractivity contribution is -0.146. The molecule has 0 atom stereocenters. The molecule has 0 spiro atoms. The number of unbranched alkanes of at least 4 members (excludes halogenated alkanes) is 1. The number of hydrogen-bond acceptors (Lipinski definition) is 6. The van der Waals surface area contributed by atoms with Crippen LogP contribution in [-0.4, -0.2) is 56.6 Å². The lowest BCUT2D eigenvalue weighted by Gasteiger charge is -2.06. The standard InChI is InChI=1S/C12H23NO6/c13-5-6-17-7-8-18-9-10-19-12(16)4-2-1-3-11(14)15/h1-10,13H2,(H,14,15). The van der Waals surface area contributed by atoms with Gasteiger partial charge >= 0.3 is 11.9 Å². The minimum absolute atomic E-state index is 0.0825. The summed E-state index contributed by atoms with van der Waals surface area (Å²) in [5.74, 6) is -1.17. The van der Waals surface area contributed by atoms with Crippen molar-refractivity contribution in [3.05, 3.63) is 0 Å². The monoisotopic (exact) mass is 277 g/mol. The summed E-state index contributed by atoms with van der Waals surface area (Å²) >= 11 is 0. The van der Waals surface area contributed by atoms with Gasteiger partial charge in [-0.1, -0.05) is 0 Å². The Bertz CT molecular complexity index is 246. The summed E-state index contributed by atoms with van der Waals surface area (Å²) in [6.45, 7) is 2.44. The molecule has 0 rings (SSSR count). The quantitative estimate of drug-likeness (QED) is 0.365. The maximum absolute atomic E-state index is 11.2. The molecule has 0 bridgehead atoms. The molecule has 3 N–H and O–H groups in total. The predicted molar refractivity (Wildman–Crippen MR) is 67.8 cm³/mol. The van der Waals surface area contributed by atoms with Gasteiger partial charge in [0.25, 0.3) is 0 Å². The number of ether oxygens (including phenoxy) is 3. The highest BCUT2D eigenvalue weighted by Crippen LogP contribution is 2.01. The molecule has 0 aromatic heterocycles. The Hall–Kier alpha value is -1.18. The van der Waals surface area contributed by atoms with Gasteiger partial charge < -0.3 is 25.1 Å². The number of rotatable bonds is 13. The number of esters is 1. The van der Waals surface area contributed by atoms with E-state index in [-0.39, 0.29) is 25.4 Å². The lowest BCUT2D eigenvalue weighted by Crippen LogP contribution is -2.14. The molecule has 0 saturated heterocycles. The number of hydrogen-bond donors (Lipinski definition) is 2. The van der Waals surface area contributed by atoms with Crippen molar-refractivity contribution in [1.29, 1.82) is 0 Å². The molecule has 0 unspecified atom stereocenters. The first kappa shape index (κ1) is 17.8. The van der Waals surface area contributed by atoms with E-state index in [4.69, 9.17) is 25.1 Å². The Morgan fingerprint density at radius 3 is 2.11 bits per heavy atom. The lowest BCUT2D eigenvalue weighted by atomic mass is 10.2. The molecular formula is C12H23NO6. The third-order valence-electron chi connectivity index (χ3n) is 2.15. The van der Waals surface area contributed by atoms with E-state index >= 15 is 0 Å². The molecular weight excluding hydrogens is 254 g/mol. The fraction of sp³-hybridized carbons (Fsp3) is 0.833. The molecule has 7 nitrogen and oxygen atoms in total. The molecule has 0 saturated carbocycles. The summed E-state index contributed by atoms with van der Waals surface area (Å²) in [6.07, 6.45) is 1.34. The highest BCUT2D eigenvalue weighted by atomic mass is 16.6. The van der Waals surface area contributed by atoms with Gasteiger partial charge in [-0.2, -0.15) is 0 Å². The minimum Gasteiger partial charge on any atom is -0.481 e. The molecule has 0 fully saturated rings. The van der Waals surface area contributed by atoms with Gasteiger partial charge in [-0.15, -0.1) is 0 Å². The topological polar surface area (TPSA) is 108 Å². The van der Waals surface area contributed by atoms with Crippen LogP contribution >= 0.6 is 0 Å². The molecule has 0 aliphatic heterocycles. The fourth-order valence-electron chi connectivity index (χ4n) is 1.24. The van der Waals surface area contributed by atoms with E-state index in [1.807, 2.05) is 0 Å². The maximum atomic E-state index is 11.2. The maximum Gasteiger partial charge on any atom is 0.305 e. The Morgan fingerprint density at radius 1 is 0.895 bits per heavy atom. The minimum atomic E-state index is -0.848. The van der Waals surface area contributed by atoms with E-state index in [2.05, 4.69) is 0 Å². The van der Waals surface area contributed by atoms with E-state index in [1.165, 1.54) is 0 Å². The van der Waals surface area contributed by atoms with Crippen LogP contribution in [0.25, 0.3) is 0 Å². The van der Waals surface area contributed by atoms with E-state index in [9.17, 15) is 9.59 Å². The van der Waals surface area contributed by atoms with Crippen LogP contribution in [0.4, 0.5) is 0 Å². The van der Waals surface area contributed by atoms with Gasteiger partial charge in [-0.05, 0) is 12.8 Å². The van der Waals surface area contributed by atoms with Gasteiger partial charge in [0.2, 0.25) is 0 Å². The van der Waals surface area contributed by atoms with Crippen molar-refractivity contribution in [1.82, 2.24) is 0 Å². The van der Waals surface area contributed by atoms with Crippen molar-refractivity contribution >= 4 is 11.9 Å². The van der Waals surface area contributed by atoms with E-state index in [1.54, 1.807) is 0 Å². The second-order valence-corrected chi connectivity index (χ2v) is 3.83. The van der Waals surface area contributed by atoms with E-state index in [0.29, 0.717) is 45.8 Å². The first-order valence-electron chi connectivity index (χ1n) is 6.39. The second-order valence-electron chi connectivity index (χ2n) is 3.83. The summed E-state index contributed by atoms with van der Waals surface area (Å²) in [5, 5.41) is 8.41. The number of aliphatic carboxylic acids is 1. The Balaban J connectivity index is 3.18. The van der Waals surface area contributed by atoms with Crippen LogP contribution in [0.5, 0.6) is 0 Å². The first-order valence-corrected chi connectivity index (χ1v) is 6.39. The molecule has 19 heavy (non-hydrogen) atoms. The predicted octanol–water partition coefficient (Wildman–Crippen LogP) is 0.167. The van der Waals surface area contributed by atoms with Crippen LogP contribution < -0.4 is 5.73 Å². The number of carbonyl (C=O) groups excluding carboxylic acids is 1. The largest absolute Gasteiger partial charge is 0.481 e. The van der Waals surface area contributed by atoms with E-state index in [0.717, 1.165) is 0 Å². The zero-order valence-corrected chi connectivity index (χ0v) is 11.1. The molecule has 0 aromatic carbocycles. The Labute approximate surface area is 113 Å². The number of carboxylic acids is 1. The summed E-state index contributed by atoms with van der Waals surface area (Å²) in [6, 6.07) is 0. The van der Waals surface area contributed by atoms with Crippen molar-refractivity contribution < 1.29 is 28.9 Å². The second kappa shape index (κ2) is 13.3. The molecule has 0 heterocycles. The zero-order valence-electron chi connectivity index (χ0n) is 11.1. The van der Waals surface area contributed by atoms with Gasteiger partial charge in [-0.25, -0.2) is 0 Å². The molecule has 112 valence electrons. The average Bonchev–Trinajstić information content (AvgIpc) is 2.37. The van der Waals surface area contributed by atoms with Gasteiger partial charge in [-0.3, -0.25) is 9.59 Å². The number of nitrogens with two attached hydrogens (primary N) is 1. The van der Waals surface area contributed by atoms with Crippen LogP contribution in [-0.2, 0) is 23.8 Å². The van der Waals surface area contributed by atoms with Crippen LogP contribution in [0, 0.1) is 0 Å². The summed E-state index contributed by atoms with van der Waals surface area (Å²) in [5.41, 5.74) is 5.23. The highest BCUT2D eigenvalue weighted by molar-refractivity contribution is 5.69. The van der Waals surface area contributed by atoms with Crippen LogP contribution in [0.2, 0.25) is 0 Å². The Morgan fingerprint density at radius 2 is 1.47 bits per heavy atom. The van der Waals surface area contributed by atoms with Crippen molar-refractivity contribution in [3.63, 3.8) is 0 Å². The molecule has 0 aromatic rings. The summed E-state index contributed by atoms with van der Waals surface area (Å²) in [4.78, 5) is 21.4. The van der Waals surface area contributed by atoms with Gasteiger partial charge in [0, 0.05) is 19.4 Å². The van der Waals surface area contributed by atoms with E-state index < -0.39 is 5.97 Å². The fourth-order valence-corrected chi connectivity index (χ4v) is 1.24. The van der Waals surface area contributed by atoms with Gasteiger partial charge in [0.1, 0.15) is 6.61 Å². The van der Waals surface area contributed by atoms with Crippen molar-refractivity contribution in [2.24, 2.45) is 5.73 Å². The molecule has 0 aliphatic carbocycles. The van der Waals surface area contributed by atoms with Crippen LogP contribution in [0.1, 0.15) is 25.7 Å². The Kier molecular flexibility index (Phi) is 12.4. The summed E-state index contributed by atoms with van der Waals surface area (Å²) in [7, 11) is 0. The van der Waals surface area contributed by atoms with Crippen molar-refractivity contribution in [3.8, 4) is 0 Å². The molecule has 7 heteroatoms. The van der Waals surface area contributed by atoms with Gasteiger partial charge in [0.05, 0.1) is 26.4 Å². The van der Waals surface area contributed by atoms with Crippen LogP contribution in [0.3, 0.4) is 0 Å². The summed E-state index contributed by atoms with van der Waals surface area (Å²) < 4.78 is 15.2. The molecule has 0 amide bonds. The number of carbonyl (C=O) groups is 2. The highest BCUT2D eigenvalue weighted by Gasteiger charge is 2.03. The zero-order chi connectivity index (χ0) is 14.3. The smallest absolute Gasteiger partial charge is 0.305 e. The third kappa shape index (κ3) is 14.8. The van der Waals surface area contributed by atoms with Gasteiger partial charge in [0.15, 0.2) is 0 Å². The molecule has 0 aliphatic rings. The SMILES string of the molecule is NCCOCCOCCOC(=O)CCCCC(=O)O.